The minimum atomic E-state index is 0.0922. The Kier molecular flexibility index (Phi) is 4.31. The second-order valence-electron chi connectivity index (χ2n) is 4.98. The van der Waals surface area contributed by atoms with Crippen LogP contribution < -0.4 is 4.90 Å². The smallest absolute Gasteiger partial charge is 0.242 e. The molecule has 19 heavy (non-hydrogen) atoms. The molecule has 0 aromatic carbocycles. The molecule has 0 spiro atoms. The maximum absolute atomic E-state index is 12.3. The van der Waals surface area contributed by atoms with Crippen LogP contribution in [0.4, 0.5) is 5.82 Å². The van der Waals surface area contributed by atoms with Gasteiger partial charge in [0.15, 0.2) is 0 Å². The fourth-order valence-corrected chi connectivity index (χ4v) is 2.25. The molecule has 1 aliphatic rings. The summed E-state index contributed by atoms with van der Waals surface area (Å²) in [6, 6.07) is 0. The zero-order chi connectivity index (χ0) is 13.8. The quantitative estimate of drug-likeness (QED) is 0.798. The fraction of sp³-hybridized carbons (Fsp3) is 0.615. The van der Waals surface area contributed by atoms with E-state index in [0.717, 1.165) is 0 Å². The van der Waals surface area contributed by atoms with Crippen molar-refractivity contribution in [2.75, 3.05) is 31.6 Å². The highest BCUT2D eigenvalue weighted by atomic mass is 16.5. The van der Waals surface area contributed by atoms with E-state index in [1.54, 1.807) is 23.5 Å². The van der Waals surface area contributed by atoms with Gasteiger partial charge in [-0.05, 0) is 13.8 Å². The van der Waals surface area contributed by atoms with Crippen LogP contribution in [0.25, 0.3) is 0 Å². The summed E-state index contributed by atoms with van der Waals surface area (Å²) in [7, 11) is 1.84. The predicted octanol–water partition coefficient (Wildman–Crippen LogP) is 0.549. The van der Waals surface area contributed by atoms with Gasteiger partial charge in [-0.15, -0.1) is 0 Å². The number of carbonyl (C=O) groups excluding carboxylic acids is 1. The molecule has 0 radical (unpaired) electrons. The number of amides is 1. The van der Waals surface area contributed by atoms with Crippen molar-refractivity contribution in [1.82, 2.24) is 14.9 Å². The molecule has 0 aliphatic carbocycles. The summed E-state index contributed by atoms with van der Waals surface area (Å²) in [6.45, 7) is 5.58. The SMILES string of the molecule is C[C@@H]1CN(C(=O)CN(C)c2cnccn2)C[C@@H](C)O1. The van der Waals surface area contributed by atoms with Crippen LogP contribution in [0.2, 0.25) is 0 Å². The van der Waals surface area contributed by atoms with Crippen LogP contribution in [0.15, 0.2) is 18.6 Å². The van der Waals surface area contributed by atoms with Crippen LogP contribution in [0.3, 0.4) is 0 Å². The van der Waals surface area contributed by atoms with Crippen molar-refractivity contribution >= 4 is 11.7 Å². The second-order valence-corrected chi connectivity index (χ2v) is 4.98. The van der Waals surface area contributed by atoms with Crippen LogP contribution in [-0.4, -0.2) is 59.7 Å². The molecule has 104 valence electrons. The molecule has 1 saturated heterocycles. The zero-order valence-electron chi connectivity index (χ0n) is 11.6. The molecule has 6 heteroatoms. The topological polar surface area (TPSA) is 58.6 Å². The Morgan fingerprint density at radius 2 is 2.11 bits per heavy atom. The molecular weight excluding hydrogens is 244 g/mol. The molecule has 6 nitrogen and oxygen atoms in total. The summed E-state index contributed by atoms with van der Waals surface area (Å²) >= 11 is 0. The Morgan fingerprint density at radius 3 is 2.68 bits per heavy atom. The summed E-state index contributed by atoms with van der Waals surface area (Å²) in [4.78, 5) is 24.1. The largest absolute Gasteiger partial charge is 0.372 e. The molecule has 1 fully saturated rings. The molecule has 2 atom stereocenters. The number of hydrogen-bond acceptors (Lipinski definition) is 5. The maximum Gasteiger partial charge on any atom is 0.242 e. The molecule has 0 unspecified atom stereocenters. The Balaban J connectivity index is 1.93. The number of ether oxygens (including phenoxy) is 1. The van der Waals surface area contributed by atoms with Crippen LogP contribution in [0.1, 0.15) is 13.8 Å². The number of carbonyl (C=O) groups is 1. The second kappa shape index (κ2) is 5.97. The van der Waals surface area contributed by atoms with Gasteiger partial charge in [-0.3, -0.25) is 9.78 Å². The highest BCUT2D eigenvalue weighted by Crippen LogP contribution is 2.12. The molecule has 1 aliphatic heterocycles. The summed E-state index contributed by atoms with van der Waals surface area (Å²) in [5.41, 5.74) is 0. The predicted molar refractivity (Wildman–Crippen MR) is 71.9 cm³/mol. The third-order valence-electron chi connectivity index (χ3n) is 3.09. The van der Waals surface area contributed by atoms with Crippen LogP contribution in [-0.2, 0) is 9.53 Å². The minimum absolute atomic E-state index is 0.0922. The van der Waals surface area contributed by atoms with Crippen LogP contribution in [0.5, 0.6) is 0 Å². The molecule has 0 bridgehead atoms. The van der Waals surface area contributed by atoms with E-state index in [0.29, 0.717) is 25.5 Å². The first kappa shape index (κ1) is 13.7. The third-order valence-corrected chi connectivity index (χ3v) is 3.09. The number of nitrogens with zero attached hydrogens (tertiary/aromatic N) is 4. The highest BCUT2D eigenvalue weighted by molar-refractivity contribution is 5.81. The lowest BCUT2D eigenvalue weighted by Gasteiger charge is -2.36. The van der Waals surface area contributed by atoms with E-state index in [2.05, 4.69) is 9.97 Å². The van der Waals surface area contributed by atoms with Gasteiger partial charge in [0.05, 0.1) is 24.9 Å². The van der Waals surface area contributed by atoms with Crippen molar-refractivity contribution in [3.05, 3.63) is 18.6 Å². The molecule has 0 saturated carbocycles. The van der Waals surface area contributed by atoms with Gasteiger partial charge in [0.25, 0.3) is 0 Å². The molecule has 1 amide bonds. The Labute approximate surface area is 113 Å². The fourth-order valence-electron chi connectivity index (χ4n) is 2.25. The van der Waals surface area contributed by atoms with Crippen LogP contribution >= 0.6 is 0 Å². The first-order valence-corrected chi connectivity index (χ1v) is 6.46. The number of rotatable bonds is 3. The first-order chi connectivity index (χ1) is 9.06. The Hall–Kier alpha value is -1.69. The summed E-state index contributed by atoms with van der Waals surface area (Å²) in [5, 5.41) is 0. The van der Waals surface area contributed by atoms with E-state index in [1.165, 1.54) is 0 Å². The van der Waals surface area contributed by atoms with Crippen molar-refractivity contribution < 1.29 is 9.53 Å². The number of likely N-dealkylation sites (N-methyl/N-ethyl adjacent to an activating group) is 1. The first-order valence-electron chi connectivity index (χ1n) is 6.46. The Bertz CT molecular complexity index is 416. The number of morpholine rings is 1. The number of anilines is 1. The summed E-state index contributed by atoms with van der Waals surface area (Å²) in [6.07, 6.45) is 5.07. The van der Waals surface area contributed by atoms with Gasteiger partial charge in [-0.25, -0.2) is 4.98 Å². The standard InChI is InChI=1S/C13H20N4O2/c1-10-7-17(8-11(2)19-10)13(18)9-16(3)12-6-14-4-5-15-12/h4-6,10-11H,7-9H2,1-3H3/t10-,11-/m1/s1. The van der Waals surface area contributed by atoms with Crippen molar-refractivity contribution in [3.63, 3.8) is 0 Å². The van der Waals surface area contributed by atoms with Gasteiger partial charge in [-0.2, -0.15) is 0 Å². The summed E-state index contributed by atoms with van der Waals surface area (Å²) < 4.78 is 5.63. The van der Waals surface area contributed by atoms with E-state index in [1.807, 2.05) is 25.8 Å². The van der Waals surface area contributed by atoms with Crippen molar-refractivity contribution in [2.24, 2.45) is 0 Å². The summed E-state index contributed by atoms with van der Waals surface area (Å²) in [5.74, 6) is 0.792. The third kappa shape index (κ3) is 3.64. The van der Waals surface area contributed by atoms with E-state index in [4.69, 9.17) is 4.74 Å². The van der Waals surface area contributed by atoms with E-state index in [-0.39, 0.29) is 18.1 Å². The van der Waals surface area contributed by atoms with Gasteiger partial charge in [0, 0.05) is 32.5 Å². The van der Waals surface area contributed by atoms with E-state index in [9.17, 15) is 4.79 Å². The minimum Gasteiger partial charge on any atom is -0.372 e. The van der Waals surface area contributed by atoms with Crippen molar-refractivity contribution in [1.29, 1.82) is 0 Å². The molecule has 1 aromatic rings. The van der Waals surface area contributed by atoms with Gasteiger partial charge in [0.1, 0.15) is 5.82 Å². The molecule has 0 N–H and O–H groups in total. The average molecular weight is 264 g/mol. The van der Waals surface area contributed by atoms with Gasteiger partial charge in [-0.1, -0.05) is 0 Å². The van der Waals surface area contributed by atoms with Crippen molar-refractivity contribution in [3.8, 4) is 0 Å². The van der Waals surface area contributed by atoms with Crippen molar-refractivity contribution in [2.45, 2.75) is 26.1 Å². The molecule has 2 heterocycles. The maximum atomic E-state index is 12.3. The lowest BCUT2D eigenvalue weighted by molar-refractivity contribution is -0.141. The highest BCUT2D eigenvalue weighted by Gasteiger charge is 2.26. The lowest BCUT2D eigenvalue weighted by atomic mass is 10.2. The molecule has 2 rings (SSSR count). The lowest BCUT2D eigenvalue weighted by Crippen LogP contribution is -2.50. The molecular formula is C13H20N4O2. The average Bonchev–Trinajstić information content (AvgIpc) is 2.38. The van der Waals surface area contributed by atoms with Gasteiger partial charge >= 0.3 is 0 Å². The molecule has 1 aromatic heterocycles. The number of aromatic nitrogens is 2. The Morgan fingerprint density at radius 1 is 1.42 bits per heavy atom. The van der Waals surface area contributed by atoms with Gasteiger partial charge < -0.3 is 14.5 Å². The normalized spacial score (nSPS) is 23.2. The number of hydrogen-bond donors (Lipinski definition) is 0. The van der Waals surface area contributed by atoms with E-state index >= 15 is 0 Å². The zero-order valence-corrected chi connectivity index (χ0v) is 11.6. The van der Waals surface area contributed by atoms with E-state index < -0.39 is 0 Å². The monoisotopic (exact) mass is 264 g/mol. The van der Waals surface area contributed by atoms with Crippen LogP contribution in [0, 0.1) is 0 Å². The van der Waals surface area contributed by atoms with Gasteiger partial charge in [0.2, 0.25) is 5.91 Å².